The summed E-state index contributed by atoms with van der Waals surface area (Å²) in [5.74, 6) is -0.0415. The first-order chi connectivity index (χ1) is 19.5. The summed E-state index contributed by atoms with van der Waals surface area (Å²) in [7, 11) is 0. The zero-order valence-electron chi connectivity index (χ0n) is 22.2. The van der Waals surface area contributed by atoms with E-state index < -0.39 is 12.1 Å². The van der Waals surface area contributed by atoms with Gasteiger partial charge in [0.25, 0.3) is 0 Å². The minimum atomic E-state index is -0.564. The van der Waals surface area contributed by atoms with Gasteiger partial charge in [-0.1, -0.05) is 24.3 Å². The van der Waals surface area contributed by atoms with Gasteiger partial charge in [-0.3, -0.25) is 4.98 Å². The predicted molar refractivity (Wildman–Crippen MR) is 149 cm³/mol. The van der Waals surface area contributed by atoms with Crippen molar-refractivity contribution in [2.75, 3.05) is 39.6 Å². The largest absolute Gasteiger partial charge is 0.508 e. The lowest BCUT2D eigenvalue weighted by atomic mass is 10.1. The number of benzene rings is 2. The van der Waals surface area contributed by atoms with Gasteiger partial charge >= 0.3 is 12.1 Å². The Hall–Kier alpha value is -4.41. The number of nitrogens with one attached hydrogen (secondary N) is 1. The molecular weight excluding hydrogens is 516 g/mol. The van der Waals surface area contributed by atoms with Crippen molar-refractivity contribution in [3.8, 4) is 17.2 Å². The zero-order chi connectivity index (χ0) is 28.4. The van der Waals surface area contributed by atoms with E-state index in [9.17, 15) is 19.8 Å². The number of rotatable bonds is 16. The summed E-state index contributed by atoms with van der Waals surface area (Å²) in [5.41, 5.74) is 1.93. The van der Waals surface area contributed by atoms with E-state index in [2.05, 4.69) is 10.3 Å². The second-order valence-corrected chi connectivity index (χ2v) is 8.66. The quantitative estimate of drug-likeness (QED) is 0.130. The van der Waals surface area contributed by atoms with Crippen molar-refractivity contribution in [1.82, 2.24) is 10.3 Å². The Labute approximate surface area is 233 Å². The molecule has 0 aliphatic rings. The van der Waals surface area contributed by atoms with Crippen molar-refractivity contribution in [2.24, 2.45) is 0 Å². The highest BCUT2D eigenvalue weighted by Crippen LogP contribution is 2.22. The maximum absolute atomic E-state index is 12.0. The van der Waals surface area contributed by atoms with Gasteiger partial charge in [0, 0.05) is 38.2 Å². The van der Waals surface area contributed by atoms with E-state index in [4.69, 9.17) is 18.9 Å². The number of pyridine rings is 1. The summed E-state index contributed by atoms with van der Waals surface area (Å²) in [5, 5.41) is 21.7. The number of ether oxygens (including phenoxy) is 4. The highest BCUT2D eigenvalue weighted by Gasteiger charge is 2.06. The number of esters is 1. The van der Waals surface area contributed by atoms with Gasteiger partial charge in [0.15, 0.2) is 0 Å². The Morgan fingerprint density at radius 3 is 2.20 bits per heavy atom. The summed E-state index contributed by atoms with van der Waals surface area (Å²) < 4.78 is 21.4. The number of phenolic OH excluding ortho intramolecular Hbond substituents is 2. The summed E-state index contributed by atoms with van der Waals surface area (Å²) in [4.78, 5) is 27.6. The molecule has 10 heteroatoms. The van der Waals surface area contributed by atoms with Crippen molar-refractivity contribution in [2.45, 2.75) is 19.3 Å². The van der Waals surface area contributed by atoms with Crippen LogP contribution in [0.25, 0.3) is 12.2 Å². The number of hydrogen-bond acceptors (Lipinski definition) is 9. The number of hydrogen-bond donors (Lipinski definition) is 3. The van der Waals surface area contributed by atoms with Crippen LogP contribution in [0.2, 0.25) is 0 Å². The third-order valence-electron chi connectivity index (χ3n) is 5.43. The molecule has 1 heterocycles. The van der Waals surface area contributed by atoms with E-state index in [1.54, 1.807) is 48.7 Å². The molecule has 0 aliphatic heterocycles. The maximum Gasteiger partial charge on any atom is 0.412 e. The van der Waals surface area contributed by atoms with Crippen LogP contribution >= 0.6 is 0 Å². The highest BCUT2D eigenvalue weighted by molar-refractivity contribution is 5.88. The summed E-state index contributed by atoms with van der Waals surface area (Å²) in [6, 6.07) is 14.6. The van der Waals surface area contributed by atoms with Gasteiger partial charge < -0.3 is 34.5 Å². The lowest BCUT2D eigenvalue weighted by molar-refractivity contribution is 0.0309. The molecule has 0 aliphatic carbocycles. The number of nitrogens with zero attached hydrogens (tertiary/aromatic N) is 1. The van der Waals surface area contributed by atoms with Gasteiger partial charge in [-0.15, -0.1) is 0 Å². The molecule has 10 nitrogen and oxygen atoms in total. The maximum atomic E-state index is 12.0. The lowest BCUT2D eigenvalue weighted by Crippen LogP contribution is -2.30. The molecule has 0 saturated heterocycles. The molecule has 3 aromatic rings. The third kappa shape index (κ3) is 12.0. The van der Waals surface area contributed by atoms with Gasteiger partial charge in [-0.25, -0.2) is 9.59 Å². The van der Waals surface area contributed by atoms with Crippen molar-refractivity contribution >= 4 is 24.2 Å². The summed E-state index contributed by atoms with van der Waals surface area (Å²) in [6.07, 6.45) is 8.74. The number of aromatic nitrogens is 1. The molecule has 3 rings (SSSR count). The first kappa shape index (κ1) is 30.1. The van der Waals surface area contributed by atoms with Crippen LogP contribution in [-0.4, -0.2) is 66.8 Å². The van der Waals surface area contributed by atoms with Crippen molar-refractivity contribution in [1.29, 1.82) is 0 Å². The minimum Gasteiger partial charge on any atom is -0.508 e. The number of aromatic hydroxyl groups is 2. The van der Waals surface area contributed by atoms with Gasteiger partial charge in [0.2, 0.25) is 0 Å². The SMILES string of the molecule is O=C(NCCOCCCCCOCCOC(=O)c1cccnc1)Oc1ccc(/C=C/c2cc(O)cc(O)c2)cc1. The molecule has 0 saturated carbocycles. The van der Waals surface area contributed by atoms with Gasteiger partial charge in [-0.05, 0) is 66.8 Å². The Balaban J connectivity index is 1.15. The summed E-state index contributed by atoms with van der Waals surface area (Å²) in [6.45, 7) is 2.41. The van der Waals surface area contributed by atoms with Gasteiger partial charge in [0.05, 0.1) is 18.8 Å². The molecule has 0 unspecified atom stereocenters. The number of phenols is 2. The smallest absolute Gasteiger partial charge is 0.412 e. The van der Waals surface area contributed by atoms with Crippen molar-refractivity contribution in [3.63, 3.8) is 0 Å². The van der Waals surface area contributed by atoms with Crippen molar-refractivity contribution in [3.05, 3.63) is 83.7 Å². The van der Waals surface area contributed by atoms with Crippen LogP contribution in [0, 0.1) is 0 Å². The molecule has 212 valence electrons. The molecule has 3 N–H and O–H groups in total. The fourth-order valence-electron chi connectivity index (χ4n) is 3.47. The average Bonchev–Trinajstić information content (AvgIpc) is 2.95. The van der Waals surface area contributed by atoms with Crippen LogP contribution in [-0.2, 0) is 14.2 Å². The normalized spacial score (nSPS) is 10.9. The molecule has 2 aromatic carbocycles. The van der Waals surface area contributed by atoms with E-state index in [0.29, 0.717) is 49.8 Å². The molecule has 0 bridgehead atoms. The second kappa shape index (κ2) is 17.2. The first-order valence-corrected chi connectivity index (χ1v) is 13.0. The van der Waals surface area contributed by atoms with Crippen LogP contribution in [0.1, 0.15) is 40.7 Å². The van der Waals surface area contributed by atoms with Crippen LogP contribution in [0.4, 0.5) is 4.79 Å². The molecule has 0 fully saturated rings. The number of carbonyl (C=O) groups is 2. The number of carbonyl (C=O) groups excluding carboxylic acids is 2. The van der Waals surface area contributed by atoms with E-state index in [1.807, 2.05) is 6.08 Å². The Bertz CT molecular complexity index is 1200. The average molecular weight is 551 g/mol. The monoisotopic (exact) mass is 550 g/mol. The number of amides is 1. The summed E-state index contributed by atoms with van der Waals surface area (Å²) >= 11 is 0. The Morgan fingerprint density at radius 2 is 1.50 bits per heavy atom. The van der Waals surface area contributed by atoms with E-state index in [-0.39, 0.29) is 18.1 Å². The van der Waals surface area contributed by atoms with Gasteiger partial charge in [0.1, 0.15) is 23.9 Å². The van der Waals surface area contributed by atoms with Crippen LogP contribution in [0.15, 0.2) is 67.0 Å². The van der Waals surface area contributed by atoms with E-state index >= 15 is 0 Å². The molecule has 1 amide bonds. The zero-order valence-corrected chi connectivity index (χ0v) is 22.2. The standard InChI is InChI=1S/C30H34N2O8/c33-26-19-24(20-27(34)21-26)7-6-23-8-10-28(11-9-23)40-30(36)32-13-16-37-14-2-1-3-15-38-17-18-39-29(35)25-5-4-12-31-22-25/h4-12,19-22,33-34H,1-3,13-18H2,(H,32,36)/b7-6+. The Kier molecular flexibility index (Phi) is 13.0. The third-order valence-corrected chi connectivity index (χ3v) is 5.43. The second-order valence-electron chi connectivity index (χ2n) is 8.66. The first-order valence-electron chi connectivity index (χ1n) is 13.0. The van der Waals surface area contributed by atoms with Crippen molar-refractivity contribution < 1.29 is 38.7 Å². The number of unbranched alkanes of at least 4 members (excludes halogenated alkanes) is 2. The minimum absolute atomic E-state index is 0.0160. The van der Waals surface area contributed by atoms with Crippen LogP contribution in [0.5, 0.6) is 17.2 Å². The molecule has 0 atom stereocenters. The van der Waals surface area contributed by atoms with Crippen LogP contribution in [0.3, 0.4) is 0 Å². The highest BCUT2D eigenvalue weighted by atomic mass is 16.6. The van der Waals surface area contributed by atoms with Crippen LogP contribution < -0.4 is 10.1 Å². The Morgan fingerprint density at radius 1 is 0.800 bits per heavy atom. The topological polar surface area (TPSA) is 136 Å². The fraction of sp³-hybridized carbons (Fsp3) is 0.300. The lowest BCUT2D eigenvalue weighted by Gasteiger charge is -2.08. The predicted octanol–water partition coefficient (Wildman–Crippen LogP) is 4.81. The van der Waals surface area contributed by atoms with E-state index in [1.165, 1.54) is 24.4 Å². The molecule has 40 heavy (non-hydrogen) atoms. The molecule has 0 spiro atoms. The molecular formula is C30H34N2O8. The fourth-order valence-corrected chi connectivity index (χ4v) is 3.47. The van der Waals surface area contributed by atoms with E-state index in [0.717, 1.165) is 24.8 Å². The van der Waals surface area contributed by atoms with Gasteiger partial charge in [-0.2, -0.15) is 0 Å². The molecule has 1 aromatic heterocycles. The molecule has 0 radical (unpaired) electrons.